The van der Waals surface area contributed by atoms with E-state index in [1.165, 1.54) is 11.8 Å². The number of rotatable bonds is 3. The first-order valence-corrected chi connectivity index (χ1v) is 3.94. The number of hydrogen-bond donors (Lipinski definition) is 0. The number of amides is 2. The summed E-state index contributed by atoms with van der Waals surface area (Å²) >= 11 is 0. The minimum absolute atomic E-state index is 0.0671. The van der Waals surface area contributed by atoms with E-state index >= 15 is 0 Å². The van der Waals surface area contributed by atoms with Crippen LogP contribution in [-0.4, -0.2) is 23.3 Å². The highest BCUT2D eigenvalue weighted by Crippen LogP contribution is 1.97. The lowest BCUT2D eigenvalue weighted by Crippen LogP contribution is -2.34. The van der Waals surface area contributed by atoms with Crippen molar-refractivity contribution >= 4 is 11.8 Å². The van der Waals surface area contributed by atoms with Gasteiger partial charge in [0.15, 0.2) is 0 Å². The number of nitrogens with zero attached hydrogens (tertiary/aromatic N) is 1. The highest BCUT2D eigenvalue weighted by atomic mass is 16.2. The SMILES string of the molecule is CCCC(=O)N(CC)C(C)=O. The van der Waals surface area contributed by atoms with Gasteiger partial charge in [0.1, 0.15) is 0 Å². The minimum Gasteiger partial charge on any atom is -0.283 e. The smallest absolute Gasteiger partial charge is 0.229 e. The standard InChI is InChI=1S/C8H15NO2/c1-4-6-8(11)9(5-2)7(3)10/h4-6H2,1-3H3. The molecule has 0 saturated heterocycles. The normalized spacial score (nSPS) is 9.36. The van der Waals surface area contributed by atoms with Gasteiger partial charge < -0.3 is 0 Å². The van der Waals surface area contributed by atoms with Crippen molar-refractivity contribution in [3.05, 3.63) is 0 Å². The zero-order valence-electron chi connectivity index (χ0n) is 7.39. The molecule has 0 rings (SSSR count). The molecule has 0 fully saturated rings. The monoisotopic (exact) mass is 157 g/mol. The van der Waals surface area contributed by atoms with Crippen molar-refractivity contribution in [3.8, 4) is 0 Å². The van der Waals surface area contributed by atoms with E-state index in [0.717, 1.165) is 6.42 Å². The first kappa shape index (κ1) is 10.1. The van der Waals surface area contributed by atoms with Crippen molar-refractivity contribution in [2.45, 2.75) is 33.6 Å². The fourth-order valence-corrected chi connectivity index (χ4v) is 0.923. The fourth-order valence-electron chi connectivity index (χ4n) is 0.923. The molecule has 0 unspecified atom stereocenters. The van der Waals surface area contributed by atoms with Gasteiger partial charge in [-0.2, -0.15) is 0 Å². The summed E-state index contributed by atoms with van der Waals surface area (Å²) in [5, 5.41) is 0. The highest BCUT2D eigenvalue weighted by Gasteiger charge is 2.13. The van der Waals surface area contributed by atoms with Crippen LogP contribution in [0.4, 0.5) is 0 Å². The molecular weight excluding hydrogens is 142 g/mol. The van der Waals surface area contributed by atoms with Crippen LogP contribution in [-0.2, 0) is 9.59 Å². The molecule has 0 saturated carbocycles. The van der Waals surface area contributed by atoms with E-state index in [-0.39, 0.29) is 11.8 Å². The molecule has 0 aliphatic rings. The molecule has 0 N–H and O–H groups in total. The Labute approximate surface area is 67.4 Å². The molecular formula is C8H15NO2. The van der Waals surface area contributed by atoms with Crippen LogP contribution in [0.25, 0.3) is 0 Å². The summed E-state index contributed by atoms with van der Waals surface area (Å²) < 4.78 is 0. The predicted molar refractivity (Wildman–Crippen MR) is 43.0 cm³/mol. The van der Waals surface area contributed by atoms with E-state index in [0.29, 0.717) is 13.0 Å². The molecule has 0 aliphatic heterocycles. The molecule has 3 nitrogen and oxygen atoms in total. The maximum absolute atomic E-state index is 11.1. The molecule has 0 aromatic rings. The van der Waals surface area contributed by atoms with Crippen molar-refractivity contribution in [2.24, 2.45) is 0 Å². The second kappa shape index (κ2) is 4.88. The Morgan fingerprint density at radius 3 is 2.09 bits per heavy atom. The third kappa shape index (κ3) is 3.16. The van der Waals surface area contributed by atoms with Gasteiger partial charge in [-0.1, -0.05) is 6.92 Å². The quantitative estimate of drug-likeness (QED) is 0.617. The van der Waals surface area contributed by atoms with Crippen LogP contribution in [0.5, 0.6) is 0 Å². The molecule has 11 heavy (non-hydrogen) atoms. The molecule has 0 heterocycles. The Hall–Kier alpha value is -0.860. The number of carbonyl (C=O) groups excluding carboxylic acids is 2. The van der Waals surface area contributed by atoms with Crippen LogP contribution in [0.2, 0.25) is 0 Å². The molecule has 2 amide bonds. The summed E-state index contributed by atoms with van der Waals surface area (Å²) in [6.07, 6.45) is 1.26. The molecule has 0 aromatic heterocycles. The zero-order valence-corrected chi connectivity index (χ0v) is 7.39. The molecule has 0 radical (unpaired) electrons. The largest absolute Gasteiger partial charge is 0.283 e. The Bertz CT molecular complexity index is 154. The van der Waals surface area contributed by atoms with Crippen molar-refractivity contribution < 1.29 is 9.59 Å². The minimum atomic E-state index is -0.161. The first-order valence-electron chi connectivity index (χ1n) is 3.94. The van der Waals surface area contributed by atoms with Crippen LogP contribution in [0, 0.1) is 0 Å². The van der Waals surface area contributed by atoms with E-state index in [1.54, 1.807) is 6.92 Å². The van der Waals surface area contributed by atoms with Crippen LogP contribution < -0.4 is 0 Å². The van der Waals surface area contributed by atoms with Crippen LogP contribution in [0.1, 0.15) is 33.6 Å². The molecule has 64 valence electrons. The Morgan fingerprint density at radius 1 is 1.27 bits per heavy atom. The van der Waals surface area contributed by atoms with Gasteiger partial charge in [-0.05, 0) is 13.3 Å². The van der Waals surface area contributed by atoms with Gasteiger partial charge in [0.25, 0.3) is 0 Å². The lowest BCUT2D eigenvalue weighted by molar-refractivity contribution is -0.143. The summed E-state index contributed by atoms with van der Waals surface area (Å²) in [7, 11) is 0. The van der Waals surface area contributed by atoms with Crippen LogP contribution in [0.15, 0.2) is 0 Å². The fraction of sp³-hybridized carbons (Fsp3) is 0.750. The maximum atomic E-state index is 11.1. The van der Waals surface area contributed by atoms with Gasteiger partial charge in [0.05, 0.1) is 0 Å². The third-order valence-corrected chi connectivity index (χ3v) is 1.46. The topological polar surface area (TPSA) is 37.4 Å². The summed E-state index contributed by atoms with van der Waals surface area (Å²) in [5.74, 6) is -0.228. The molecule has 0 atom stereocenters. The van der Waals surface area contributed by atoms with Gasteiger partial charge in [-0.15, -0.1) is 0 Å². The Kier molecular flexibility index (Phi) is 4.50. The first-order chi connectivity index (χ1) is 5.13. The van der Waals surface area contributed by atoms with Gasteiger partial charge in [0.2, 0.25) is 11.8 Å². The molecule has 0 bridgehead atoms. The van der Waals surface area contributed by atoms with Gasteiger partial charge in [0, 0.05) is 19.9 Å². The van der Waals surface area contributed by atoms with Crippen LogP contribution in [0.3, 0.4) is 0 Å². The predicted octanol–water partition coefficient (Wildman–Crippen LogP) is 1.18. The lowest BCUT2D eigenvalue weighted by Gasteiger charge is -2.15. The van der Waals surface area contributed by atoms with E-state index in [1.807, 2.05) is 6.92 Å². The van der Waals surface area contributed by atoms with E-state index in [9.17, 15) is 9.59 Å². The van der Waals surface area contributed by atoms with Gasteiger partial charge >= 0.3 is 0 Å². The summed E-state index contributed by atoms with van der Waals surface area (Å²) in [4.78, 5) is 23.2. The van der Waals surface area contributed by atoms with Crippen molar-refractivity contribution in [3.63, 3.8) is 0 Å². The summed E-state index contributed by atoms with van der Waals surface area (Å²) in [6.45, 7) is 5.62. The third-order valence-electron chi connectivity index (χ3n) is 1.46. The number of imide groups is 1. The average molecular weight is 157 g/mol. The zero-order chi connectivity index (χ0) is 8.85. The Morgan fingerprint density at radius 2 is 1.82 bits per heavy atom. The molecule has 3 heteroatoms. The molecule has 0 aliphatic carbocycles. The van der Waals surface area contributed by atoms with E-state index in [2.05, 4.69) is 0 Å². The van der Waals surface area contributed by atoms with E-state index < -0.39 is 0 Å². The summed E-state index contributed by atoms with van der Waals surface area (Å²) in [6, 6.07) is 0. The second-order valence-electron chi connectivity index (χ2n) is 2.41. The van der Waals surface area contributed by atoms with Crippen molar-refractivity contribution in [1.29, 1.82) is 0 Å². The van der Waals surface area contributed by atoms with Gasteiger partial charge in [-0.3, -0.25) is 14.5 Å². The van der Waals surface area contributed by atoms with Crippen molar-refractivity contribution in [2.75, 3.05) is 6.54 Å². The van der Waals surface area contributed by atoms with Crippen molar-refractivity contribution in [1.82, 2.24) is 4.90 Å². The Balaban J connectivity index is 4.03. The number of carbonyl (C=O) groups is 2. The molecule has 0 spiro atoms. The molecule has 0 aromatic carbocycles. The van der Waals surface area contributed by atoms with Crippen LogP contribution >= 0.6 is 0 Å². The van der Waals surface area contributed by atoms with Gasteiger partial charge in [-0.25, -0.2) is 0 Å². The maximum Gasteiger partial charge on any atom is 0.229 e. The van der Waals surface area contributed by atoms with E-state index in [4.69, 9.17) is 0 Å². The average Bonchev–Trinajstić information content (AvgIpc) is 1.88. The number of hydrogen-bond acceptors (Lipinski definition) is 2. The summed E-state index contributed by atoms with van der Waals surface area (Å²) in [5.41, 5.74) is 0. The second-order valence-corrected chi connectivity index (χ2v) is 2.41. The highest BCUT2D eigenvalue weighted by molar-refractivity contribution is 5.93. The lowest BCUT2D eigenvalue weighted by atomic mass is 10.3.